The maximum atomic E-state index is 10.8. The lowest BCUT2D eigenvalue weighted by Gasteiger charge is -2.10. The Labute approximate surface area is 213 Å². The second-order valence-corrected chi connectivity index (χ2v) is 6.97. The minimum atomic E-state index is -1.51. The number of halogens is 2. The number of aliphatic carboxylic acids is 4. The molecule has 36 heavy (non-hydrogen) atoms. The molecule has 0 saturated carbocycles. The molecule has 0 aliphatic rings. The molecular formula is C22H18Cl2O12. The highest BCUT2D eigenvalue weighted by Gasteiger charge is 2.16. The van der Waals surface area contributed by atoms with Gasteiger partial charge in [0.15, 0.2) is 23.0 Å². The van der Waals surface area contributed by atoms with Crippen LogP contribution in [0.4, 0.5) is 0 Å². The number of methoxy groups -OCH3 is 2. The van der Waals surface area contributed by atoms with Crippen LogP contribution in [-0.4, -0.2) is 58.5 Å². The molecule has 12 nitrogen and oxygen atoms in total. The lowest BCUT2D eigenvalue weighted by atomic mass is 10.3. The Bertz CT molecular complexity index is 1110. The quantitative estimate of drug-likeness (QED) is 0.252. The van der Waals surface area contributed by atoms with Crippen LogP contribution in [0.3, 0.4) is 0 Å². The predicted octanol–water partition coefficient (Wildman–Crippen LogP) is 3.56. The van der Waals surface area contributed by atoms with Crippen LogP contribution in [0.2, 0.25) is 10.0 Å². The third-order valence-corrected chi connectivity index (χ3v) is 4.09. The largest absolute Gasteiger partial charge is 0.493 e. The minimum Gasteiger partial charge on any atom is -0.493 e. The van der Waals surface area contributed by atoms with E-state index in [2.05, 4.69) is 0 Å². The lowest BCUT2D eigenvalue weighted by molar-refractivity contribution is -0.137. The standard InChI is InChI=1S/2C11H9ClO6/c2*1-17-8-4-6(12)2-3-7(8)18-9(11(15)16)5-10(13)14/h2*2-5H,1H3,(H,13,14)(H,15,16)/b9-5+;9-5-. The molecule has 0 fully saturated rings. The molecule has 0 aliphatic carbocycles. The van der Waals surface area contributed by atoms with Gasteiger partial charge in [-0.1, -0.05) is 23.2 Å². The zero-order chi connectivity index (χ0) is 27.4. The molecule has 0 radical (unpaired) electrons. The number of carboxylic acid groups (broad SMARTS) is 4. The van der Waals surface area contributed by atoms with Gasteiger partial charge in [-0.3, -0.25) is 0 Å². The van der Waals surface area contributed by atoms with Gasteiger partial charge in [-0.05, 0) is 24.3 Å². The fourth-order valence-electron chi connectivity index (χ4n) is 2.18. The second-order valence-electron chi connectivity index (χ2n) is 6.10. The van der Waals surface area contributed by atoms with E-state index >= 15 is 0 Å². The molecule has 2 aromatic rings. The molecule has 0 atom stereocenters. The van der Waals surface area contributed by atoms with Gasteiger partial charge in [0.1, 0.15) is 0 Å². The van der Waals surface area contributed by atoms with Crippen LogP contribution in [0.25, 0.3) is 0 Å². The molecule has 192 valence electrons. The molecule has 0 heterocycles. The van der Waals surface area contributed by atoms with Crippen molar-refractivity contribution < 1.29 is 58.6 Å². The number of benzene rings is 2. The van der Waals surface area contributed by atoms with Crippen LogP contribution in [0.5, 0.6) is 23.0 Å². The number of ether oxygens (including phenoxy) is 4. The molecule has 0 amide bonds. The van der Waals surface area contributed by atoms with Gasteiger partial charge >= 0.3 is 23.9 Å². The summed E-state index contributed by atoms with van der Waals surface area (Å²) in [6.07, 6.45) is 0.882. The molecule has 0 unspecified atom stereocenters. The van der Waals surface area contributed by atoms with Gasteiger partial charge in [0.2, 0.25) is 11.5 Å². The Kier molecular flexibility index (Phi) is 11.6. The molecule has 4 N–H and O–H groups in total. The first-order valence-electron chi connectivity index (χ1n) is 9.26. The first-order chi connectivity index (χ1) is 16.9. The first-order valence-corrected chi connectivity index (χ1v) is 10.0. The predicted molar refractivity (Wildman–Crippen MR) is 124 cm³/mol. The summed E-state index contributed by atoms with van der Waals surface area (Å²) in [5, 5.41) is 35.3. The van der Waals surface area contributed by atoms with Crippen LogP contribution in [0.1, 0.15) is 0 Å². The molecule has 0 aromatic heterocycles. The van der Waals surface area contributed by atoms with E-state index in [0.29, 0.717) is 22.2 Å². The van der Waals surface area contributed by atoms with Crippen molar-refractivity contribution in [2.45, 2.75) is 0 Å². The highest BCUT2D eigenvalue weighted by molar-refractivity contribution is 6.31. The van der Waals surface area contributed by atoms with Crippen molar-refractivity contribution >= 4 is 47.1 Å². The molecule has 0 saturated heterocycles. The number of hydrogen-bond donors (Lipinski definition) is 4. The van der Waals surface area contributed by atoms with Gasteiger partial charge in [0, 0.05) is 22.2 Å². The average Bonchev–Trinajstić information content (AvgIpc) is 2.79. The maximum Gasteiger partial charge on any atom is 0.372 e. The summed E-state index contributed by atoms with van der Waals surface area (Å²) in [7, 11) is 2.69. The Balaban J connectivity index is 0.000000360. The van der Waals surface area contributed by atoms with E-state index in [1.807, 2.05) is 0 Å². The smallest absolute Gasteiger partial charge is 0.372 e. The topological polar surface area (TPSA) is 186 Å². The van der Waals surface area contributed by atoms with Crippen LogP contribution < -0.4 is 18.9 Å². The first kappa shape index (κ1) is 29.6. The third kappa shape index (κ3) is 9.83. The Morgan fingerprint density at radius 2 is 0.972 bits per heavy atom. The minimum absolute atomic E-state index is 0.0526. The van der Waals surface area contributed by atoms with Crippen LogP contribution in [-0.2, 0) is 19.2 Å². The maximum absolute atomic E-state index is 10.8. The summed E-state index contributed by atoms with van der Waals surface area (Å²) in [5.41, 5.74) is 0. The lowest BCUT2D eigenvalue weighted by Crippen LogP contribution is -2.10. The van der Waals surface area contributed by atoms with Gasteiger partial charge < -0.3 is 39.4 Å². The Morgan fingerprint density at radius 3 is 1.22 bits per heavy atom. The van der Waals surface area contributed by atoms with E-state index < -0.39 is 35.4 Å². The normalized spacial score (nSPS) is 10.9. The monoisotopic (exact) mass is 544 g/mol. The van der Waals surface area contributed by atoms with Gasteiger partial charge in [-0.2, -0.15) is 0 Å². The van der Waals surface area contributed by atoms with Gasteiger partial charge in [-0.25, -0.2) is 19.2 Å². The zero-order valence-corrected chi connectivity index (χ0v) is 19.9. The number of carboxylic acids is 4. The Morgan fingerprint density at radius 1 is 0.639 bits per heavy atom. The fraction of sp³-hybridized carbons (Fsp3) is 0.0909. The van der Waals surface area contributed by atoms with Gasteiger partial charge in [-0.15, -0.1) is 0 Å². The van der Waals surface area contributed by atoms with Crippen molar-refractivity contribution in [3.63, 3.8) is 0 Å². The van der Waals surface area contributed by atoms with E-state index in [1.54, 1.807) is 0 Å². The summed E-state index contributed by atoms with van der Waals surface area (Å²) in [4.78, 5) is 42.4. The van der Waals surface area contributed by atoms with Gasteiger partial charge in [0.25, 0.3) is 0 Å². The summed E-state index contributed by atoms with van der Waals surface area (Å²) in [5.74, 6) is -6.84. The van der Waals surface area contributed by atoms with Crippen LogP contribution in [0.15, 0.2) is 60.1 Å². The van der Waals surface area contributed by atoms with E-state index in [1.165, 1.54) is 50.6 Å². The zero-order valence-electron chi connectivity index (χ0n) is 18.4. The van der Waals surface area contributed by atoms with Crippen LogP contribution >= 0.6 is 23.2 Å². The summed E-state index contributed by atoms with van der Waals surface area (Å²) in [6.45, 7) is 0. The molecule has 14 heteroatoms. The van der Waals surface area contributed by atoms with Crippen molar-refractivity contribution in [3.8, 4) is 23.0 Å². The summed E-state index contributed by atoms with van der Waals surface area (Å²) < 4.78 is 19.8. The number of carbonyl (C=O) groups is 4. The van der Waals surface area contributed by atoms with Crippen molar-refractivity contribution in [3.05, 3.63) is 70.1 Å². The summed E-state index contributed by atoms with van der Waals surface area (Å²) >= 11 is 11.4. The molecule has 0 spiro atoms. The average molecular weight is 545 g/mol. The highest BCUT2D eigenvalue weighted by Crippen LogP contribution is 2.32. The number of rotatable bonds is 10. The van der Waals surface area contributed by atoms with Crippen molar-refractivity contribution in [2.75, 3.05) is 14.2 Å². The Hall–Kier alpha value is -4.42. The van der Waals surface area contributed by atoms with Crippen molar-refractivity contribution in [1.29, 1.82) is 0 Å². The molecular weight excluding hydrogens is 527 g/mol. The summed E-state index contributed by atoms with van der Waals surface area (Å²) in [6, 6.07) is 8.49. The second kappa shape index (κ2) is 14.1. The van der Waals surface area contributed by atoms with Crippen molar-refractivity contribution in [2.24, 2.45) is 0 Å². The molecule has 0 aliphatic heterocycles. The fourth-order valence-corrected chi connectivity index (χ4v) is 2.51. The van der Waals surface area contributed by atoms with Gasteiger partial charge in [0.05, 0.1) is 26.4 Å². The van der Waals surface area contributed by atoms with Crippen LogP contribution in [0, 0.1) is 0 Å². The van der Waals surface area contributed by atoms with Crippen molar-refractivity contribution in [1.82, 2.24) is 0 Å². The van der Waals surface area contributed by atoms with E-state index in [-0.39, 0.29) is 23.0 Å². The third-order valence-electron chi connectivity index (χ3n) is 3.62. The van der Waals surface area contributed by atoms with E-state index in [4.69, 9.17) is 62.6 Å². The SMILES string of the molecule is COc1cc(Cl)ccc1O/C(=C/C(=O)O)C(=O)O.COc1cc(Cl)ccc1O/C(=C\C(=O)O)C(=O)O. The van der Waals surface area contributed by atoms with E-state index in [9.17, 15) is 19.2 Å². The molecule has 2 aromatic carbocycles. The van der Waals surface area contributed by atoms with E-state index in [0.717, 1.165) is 0 Å². The number of hydrogen-bond acceptors (Lipinski definition) is 8. The highest BCUT2D eigenvalue weighted by atomic mass is 35.5. The molecule has 2 rings (SSSR count). The molecule has 0 bridgehead atoms.